The van der Waals surface area contributed by atoms with Gasteiger partial charge in [-0.3, -0.25) is 4.79 Å². The van der Waals surface area contributed by atoms with Gasteiger partial charge in [-0.05, 0) is 19.2 Å². The molecule has 0 aromatic heterocycles. The summed E-state index contributed by atoms with van der Waals surface area (Å²) >= 11 is 1.81. The van der Waals surface area contributed by atoms with Gasteiger partial charge in [-0.1, -0.05) is 0 Å². The zero-order chi connectivity index (χ0) is 8.97. The van der Waals surface area contributed by atoms with Crippen LogP contribution < -0.4 is 0 Å². The number of thioether (sulfide) groups is 1. The average Bonchev–Trinajstić information content (AvgIpc) is 2.48. The van der Waals surface area contributed by atoms with Crippen LogP contribution in [0.3, 0.4) is 0 Å². The molecule has 1 rings (SSSR count). The molecule has 1 heterocycles. The van der Waals surface area contributed by atoms with E-state index >= 15 is 0 Å². The Labute approximate surface area is 77.1 Å². The maximum atomic E-state index is 10.6. The van der Waals surface area contributed by atoms with E-state index in [2.05, 4.69) is 11.2 Å². The minimum Gasteiger partial charge on any atom is -0.481 e. The van der Waals surface area contributed by atoms with Crippen molar-refractivity contribution in [2.24, 2.45) is 5.92 Å². The predicted octanol–water partition coefficient (Wildman–Crippen LogP) is 0.756. The van der Waals surface area contributed by atoms with Crippen LogP contribution in [0.1, 0.15) is 6.42 Å². The van der Waals surface area contributed by atoms with E-state index in [0.717, 1.165) is 31.8 Å². The summed E-state index contributed by atoms with van der Waals surface area (Å²) in [7, 11) is 0. The first-order chi connectivity index (χ1) is 5.74. The maximum Gasteiger partial charge on any atom is 0.307 e. The molecule has 0 aliphatic carbocycles. The number of hydrogen-bond donors (Lipinski definition) is 1. The van der Waals surface area contributed by atoms with Crippen molar-refractivity contribution in [2.75, 3.05) is 31.6 Å². The quantitative estimate of drug-likeness (QED) is 0.708. The molecule has 0 aromatic carbocycles. The lowest BCUT2D eigenvalue weighted by Crippen LogP contribution is -2.25. The summed E-state index contributed by atoms with van der Waals surface area (Å²) in [5, 5.41) is 8.72. The largest absolute Gasteiger partial charge is 0.481 e. The molecular weight excluding hydrogens is 174 g/mol. The van der Waals surface area contributed by atoms with E-state index in [0.29, 0.717) is 0 Å². The molecule has 1 saturated heterocycles. The number of aliphatic carboxylic acids is 1. The lowest BCUT2D eigenvalue weighted by atomic mass is 10.1. The summed E-state index contributed by atoms with van der Waals surface area (Å²) in [6, 6.07) is 0. The second-order valence-electron chi connectivity index (χ2n) is 3.12. The fourth-order valence-corrected chi connectivity index (χ4v) is 1.90. The van der Waals surface area contributed by atoms with Crippen molar-refractivity contribution >= 4 is 17.7 Å². The van der Waals surface area contributed by atoms with E-state index in [4.69, 9.17) is 5.11 Å². The minimum atomic E-state index is -0.637. The van der Waals surface area contributed by atoms with Crippen LogP contribution in [0.15, 0.2) is 0 Å². The Kier molecular flexibility index (Phi) is 3.88. The Morgan fingerprint density at radius 3 is 3.00 bits per heavy atom. The van der Waals surface area contributed by atoms with Gasteiger partial charge in [0.25, 0.3) is 0 Å². The lowest BCUT2D eigenvalue weighted by molar-refractivity contribution is -0.141. The van der Waals surface area contributed by atoms with E-state index in [1.54, 1.807) is 0 Å². The van der Waals surface area contributed by atoms with Crippen molar-refractivity contribution in [1.29, 1.82) is 0 Å². The molecule has 1 aliphatic heterocycles. The smallest absolute Gasteiger partial charge is 0.307 e. The van der Waals surface area contributed by atoms with Gasteiger partial charge in [-0.25, -0.2) is 0 Å². The van der Waals surface area contributed by atoms with Crippen molar-refractivity contribution in [2.45, 2.75) is 6.42 Å². The van der Waals surface area contributed by atoms with Gasteiger partial charge in [0.2, 0.25) is 0 Å². The normalized spacial score (nSPS) is 24.6. The van der Waals surface area contributed by atoms with Crippen LogP contribution in [0, 0.1) is 5.92 Å². The molecule has 4 heteroatoms. The highest BCUT2D eigenvalue weighted by atomic mass is 32.2. The Bertz CT molecular complexity index is 163. The zero-order valence-corrected chi connectivity index (χ0v) is 8.14. The van der Waals surface area contributed by atoms with Gasteiger partial charge in [-0.2, -0.15) is 11.8 Å². The molecule has 1 atom stereocenters. The van der Waals surface area contributed by atoms with Crippen molar-refractivity contribution in [3.05, 3.63) is 0 Å². The van der Waals surface area contributed by atoms with Crippen LogP contribution in [0.25, 0.3) is 0 Å². The van der Waals surface area contributed by atoms with Crippen molar-refractivity contribution in [3.63, 3.8) is 0 Å². The van der Waals surface area contributed by atoms with E-state index in [1.807, 2.05) is 11.8 Å². The highest BCUT2D eigenvalue weighted by Gasteiger charge is 2.27. The van der Waals surface area contributed by atoms with Crippen LogP contribution >= 0.6 is 11.8 Å². The molecular formula is C8H15NO2S. The van der Waals surface area contributed by atoms with Crippen molar-refractivity contribution in [3.8, 4) is 0 Å². The molecule has 0 amide bonds. The lowest BCUT2D eigenvalue weighted by Gasteiger charge is -2.13. The molecule has 1 fully saturated rings. The molecule has 70 valence electrons. The van der Waals surface area contributed by atoms with Crippen molar-refractivity contribution < 1.29 is 9.90 Å². The SMILES string of the molecule is CSCCN1CCC(C(=O)O)C1. The van der Waals surface area contributed by atoms with Gasteiger partial charge < -0.3 is 10.0 Å². The van der Waals surface area contributed by atoms with Gasteiger partial charge in [0.1, 0.15) is 0 Å². The molecule has 1 N–H and O–H groups in total. The van der Waals surface area contributed by atoms with Crippen LogP contribution in [0.2, 0.25) is 0 Å². The van der Waals surface area contributed by atoms with Crippen LogP contribution in [-0.4, -0.2) is 47.6 Å². The maximum absolute atomic E-state index is 10.6. The molecule has 12 heavy (non-hydrogen) atoms. The number of carboxylic acids is 1. The molecule has 0 radical (unpaired) electrons. The number of nitrogens with zero attached hydrogens (tertiary/aromatic N) is 1. The number of rotatable bonds is 4. The Hall–Kier alpha value is -0.220. The van der Waals surface area contributed by atoms with Gasteiger partial charge in [-0.15, -0.1) is 0 Å². The summed E-state index contributed by atoms with van der Waals surface area (Å²) in [6.45, 7) is 2.73. The fraction of sp³-hybridized carbons (Fsp3) is 0.875. The van der Waals surface area contributed by atoms with E-state index in [9.17, 15) is 4.79 Å². The summed E-state index contributed by atoms with van der Waals surface area (Å²) in [5.41, 5.74) is 0. The summed E-state index contributed by atoms with van der Waals surface area (Å²) in [5.74, 6) is 0.347. The van der Waals surface area contributed by atoms with Crippen LogP contribution in [0.5, 0.6) is 0 Å². The minimum absolute atomic E-state index is 0.119. The second-order valence-corrected chi connectivity index (χ2v) is 4.10. The topological polar surface area (TPSA) is 40.5 Å². The highest BCUT2D eigenvalue weighted by molar-refractivity contribution is 7.98. The monoisotopic (exact) mass is 189 g/mol. The first-order valence-corrected chi connectivity index (χ1v) is 5.57. The van der Waals surface area contributed by atoms with E-state index in [1.165, 1.54) is 0 Å². The molecule has 3 nitrogen and oxygen atoms in total. The summed E-state index contributed by atoms with van der Waals surface area (Å²) < 4.78 is 0. The third-order valence-corrected chi connectivity index (χ3v) is 2.82. The molecule has 1 unspecified atom stereocenters. The second kappa shape index (κ2) is 4.72. The molecule has 0 aromatic rings. The number of hydrogen-bond acceptors (Lipinski definition) is 3. The predicted molar refractivity (Wildman–Crippen MR) is 50.6 cm³/mol. The Balaban J connectivity index is 2.21. The average molecular weight is 189 g/mol. The first kappa shape index (κ1) is 9.86. The van der Waals surface area contributed by atoms with Crippen LogP contribution in [-0.2, 0) is 4.79 Å². The third-order valence-electron chi connectivity index (χ3n) is 2.23. The number of carbonyl (C=O) groups is 1. The van der Waals surface area contributed by atoms with Crippen LogP contribution in [0.4, 0.5) is 0 Å². The summed E-state index contributed by atoms with van der Waals surface area (Å²) in [4.78, 5) is 12.8. The zero-order valence-electron chi connectivity index (χ0n) is 7.32. The molecule has 0 saturated carbocycles. The molecule has 1 aliphatic rings. The van der Waals surface area contributed by atoms with Gasteiger partial charge >= 0.3 is 5.97 Å². The number of likely N-dealkylation sites (tertiary alicyclic amines) is 1. The first-order valence-electron chi connectivity index (χ1n) is 4.18. The van der Waals surface area contributed by atoms with Gasteiger partial charge in [0.05, 0.1) is 5.92 Å². The number of carboxylic acid groups (broad SMARTS) is 1. The molecule has 0 spiro atoms. The fourth-order valence-electron chi connectivity index (χ4n) is 1.46. The Morgan fingerprint density at radius 1 is 1.75 bits per heavy atom. The van der Waals surface area contributed by atoms with E-state index < -0.39 is 5.97 Å². The van der Waals surface area contributed by atoms with E-state index in [-0.39, 0.29) is 5.92 Å². The van der Waals surface area contributed by atoms with Gasteiger partial charge in [0, 0.05) is 18.8 Å². The Morgan fingerprint density at radius 2 is 2.50 bits per heavy atom. The standard InChI is InChI=1S/C8H15NO2S/c1-12-5-4-9-3-2-7(6-9)8(10)11/h7H,2-6H2,1H3,(H,10,11). The third kappa shape index (κ3) is 2.68. The van der Waals surface area contributed by atoms with Gasteiger partial charge in [0.15, 0.2) is 0 Å². The molecule has 0 bridgehead atoms. The van der Waals surface area contributed by atoms with Crippen molar-refractivity contribution in [1.82, 2.24) is 4.90 Å². The summed E-state index contributed by atoms with van der Waals surface area (Å²) in [6.07, 6.45) is 2.90. The highest BCUT2D eigenvalue weighted by Crippen LogP contribution is 2.16.